The van der Waals surface area contributed by atoms with Gasteiger partial charge >= 0.3 is 0 Å². The number of hydrogen-bond acceptors (Lipinski definition) is 2. The summed E-state index contributed by atoms with van der Waals surface area (Å²) in [5.41, 5.74) is 0.856. The molecular weight excluding hydrogens is 181 g/mol. The summed E-state index contributed by atoms with van der Waals surface area (Å²) in [4.78, 5) is 0. The first-order valence-electron chi connectivity index (χ1n) is 4.75. The fraction of sp³-hybridized carbons (Fsp3) is 0.455. The molecule has 1 aromatic carbocycles. The summed E-state index contributed by atoms with van der Waals surface area (Å²) in [5, 5.41) is 3.08. The van der Waals surface area contributed by atoms with Gasteiger partial charge in [0.1, 0.15) is 17.2 Å². The fourth-order valence-electron chi connectivity index (χ4n) is 1.95. The second-order valence-corrected chi connectivity index (χ2v) is 4.01. The van der Waals surface area contributed by atoms with Gasteiger partial charge in [-0.1, -0.05) is 6.07 Å². The topological polar surface area (TPSA) is 21.3 Å². The summed E-state index contributed by atoms with van der Waals surface area (Å²) < 4.78 is 18.6. The van der Waals surface area contributed by atoms with Crippen molar-refractivity contribution >= 4 is 0 Å². The first kappa shape index (κ1) is 9.46. The highest BCUT2D eigenvalue weighted by Gasteiger charge is 2.34. The number of likely N-dealkylation sites (N-methyl/N-ethyl adjacent to an activating group) is 1. The minimum atomic E-state index is -0.238. The summed E-state index contributed by atoms with van der Waals surface area (Å²) >= 11 is 0. The molecule has 0 radical (unpaired) electrons. The summed E-state index contributed by atoms with van der Waals surface area (Å²) in [5.74, 6) is 0.445. The van der Waals surface area contributed by atoms with Gasteiger partial charge in [-0.2, -0.15) is 0 Å². The second-order valence-electron chi connectivity index (χ2n) is 4.01. The molecule has 0 aromatic heterocycles. The van der Waals surface area contributed by atoms with Gasteiger partial charge in [0, 0.05) is 19.0 Å². The third-order valence-corrected chi connectivity index (χ3v) is 2.50. The van der Waals surface area contributed by atoms with Gasteiger partial charge in [-0.25, -0.2) is 4.39 Å². The number of halogens is 1. The van der Waals surface area contributed by atoms with Crippen LogP contribution in [0.2, 0.25) is 0 Å². The molecule has 3 heteroatoms. The predicted molar refractivity (Wildman–Crippen MR) is 53.1 cm³/mol. The Balaban J connectivity index is 2.25. The Morgan fingerprint density at radius 1 is 1.57 bits per heavy atom. The van der Waals surface area contributed by atoms with Crippen molar-refractivity contribution in [2.24, 2.45) is 0 Å². The Labute approximate surface area is 83.1 Å². The van der Waals surface area contributed by atoms with Crippen LogP contribution < -0.4 is 10.1 Å². The molecule has 0 aliphatic carbocycles. The Kier molecular flexibility index (Phi) is 2.19. The van der Waals surface area contributed by atoms with E-state index >= 15 is 0 Å². The SMILES string of the molecule is CNCC1(C)Cc2ccc(F)cc2O1. The molecule has 1 atom stereocenters. The van der Waals surface area contributed by atoms with E-state index in [0.717, 1.165) is 18.5 Å². The van der Waals surface area contributed by atoms with Crippen LogP contribution in [0, 0.1) is 5.82 Å². The van der Waals surface area contributed by atoms with Gasteiger partial charge in [0.15, 0.2) is 0 Å². The van der Waals surface area contributed by atoms with E-state index in [0.29, 0.717) is 5.75 Å². The number of ether oxygens (including phenoxy) is 1. The Bertz CT molecular complexity index is 353. The maximum atomic E-state index is 12.9. The first-order chi connectivity index (χ1) is 6.63. The van der Waals surface area contributed by atoms with Gasteiger partial charge in [-0.3, -0.25) is 0 Å². The standard InChI is InChI=1S/C11H14FNO/c1-11(7-13-2)6-8-3-4-9(12)5-10(8)14-11/h3-5,13H,6-7H2,1-2H3. The molecule has 0 saturated heterocycles. The summed E-state index contributed by atoms with van der Waals surface area (Å²) in [7, 11) is 1.89. The van der Waals surface area contributed by atoms with Gasteiger partial charge in [-0.05, 0) is 25.6 Å². The number of fused-ring (bicyclic) bond motifs is 1. The highest BCUT2D eigenvalue weighted by molar-refractivity contribution is 5.39. The van der Waals surface area contributed by atoms with Crippen molar-refractivity contribution in [1.29, 1.82) is 0 Å². The molecule has 1 aromatic rings. The van der Waals surface area contributed by atoms with E-state index in [4.69, 9.17) is 4.74 Å². The molecular formula is C11H14FNO. The summed E-state index contributed by atoms with van der Waals surface area (Å²) in [6.07, 6.45) is 0.837. The molecule has 0 amide bonds. The third kappa shape index (κ3) is 1.60. The van der Waals surface area contributed by atoms with Crippen molar-refractivity contribution in [3.8, 4) is 5.75 Å². The van der Waals surface area contributed by atoms with E-state index < -0.39 is 0 Å². The lowest BCUT2D eigenvalue weighted by atomic mass is 9.99. The van der Waals surface area contributed by atoms with Gasteiger partial charge in [0.2, 0.25) is 0 Å². The first-order valence-corrected chi connectivity index (χ1v) is 4.75. The van der Waals surface area contributed by atoms with Gasteiger partial charge in [0.25, 0.3) is 0 Å². The molecule has 1 aliphatic rings. The van der Waals surface area contributed by atoms with Crippen molar-refractivity contribution in [1.82, 2.24) is 5.32 Å². The van der Waals surface area contributed by atoms with Crippen LogP contribution in [0.3, 0.4) is 0 Å². The maximum Gasteiger partial charge on any atom is 0.126 e. The molecule has 0 saturated carbocycles. The largest absolute Gasteiger partial charge is 0.485 e. The highest BCUT2D eigenvalue weighted by Crippen LogP contribution is 2.34. The Morgan fingerprint density at radius 3 is 3.07 bits per heavy atom. The van der Waals surface area contributed by atoms with Crippen molar-refractivity contribution in [2.75, 3.05) is 13.6 Å². The van der Waals surface area contributed by atoms with Crippen LogP contribution in [-0.4, -0.2) is 19.2 Å². The van der Waals surface area contributed by atoms with Crippen LogP contribution in [0.5, 0.6) is 5.75 Å². The minimum absolute atomic E-state index is 0.231. The van der Waals surface area contributed by atoms with E-state index in [2.05, 4.69) is 5.32 Å². The van der Waals surface area contributed by atoms with Crippen LogP contribution in [0.25, 0.3) is 0 Å². The molecule has 76 valence electrons. The van der Waals surface area contributed by atoms with Crippen LogP contribution in [0.4, 0.5) is 4.39 Å². The number of rotatable bonds is 2. The predicted octanol–water partition coefficient (Wildman–Crippen LogP) is 1.74. The molecule has 1 N–H and O–H groups in total. The molecule has 0 spiro atoms. The molecule has 2 rings (SSSR count). The zero-order valence-corrected chi connectivity index (χ0v) is 8.43. The van der Waals surface area contributed by atoms with E-state index in [1.54, 1.807) is 6.07 Å². The molecule has 2 nitrogen and oxygen atoms in total. The number of hydrogen-bond donors (Lipinski definition) is 1. The number of nitrogens with one attached hydrogen (secondary N) is 1. The van der Waals surface area contributed by atoms with E-state index in [9.17, 15) is 4.39 Å². The van der Waals surface area contributed by atoms with E-state index in [-0.39, 0.29) is 11.4 Å². The Hall–Kier alpha value is -1.09. The molecule has 1 aliphatic heterocycles. The molecule has 0 fully saturated rings. The quantitative estimate of drug-likeness (QED) is 0.776. The van der Waals surface area contributed by atoms with Crippen LogP contribution in [0.15, 0.2) is 18.2 Å². The van der Waals surface area contributed by atoms with Gasteiger partial charge in [-0.15, -0.1) is 0 Å². The lowest BCUT2D eigenvalue weighted by Crippen LogP contribution is -2.40. The molecule has 14 heavy (non-hydrogen) atoms. The Morgan fingerprint density at radius 2 is 2.36 bits per heavy atom. The third-order valence-electron chi connectivity index (χ3n) is 2.50. The summed E-state index contributed by atoms with van der Waals surface area (Å²) in [6.45, 7) is 2.80. The molecule has 0 bridgehead atoms. The minimum Gasteiger partial charge on any atom is -0.485 e. The van der Waals surface area contributed by atoms with Crippen LogP contribution in [-0.2, 0) is 6.42 Å². The van der Waals surface area contributed by atoms with Crippen molar-refractivity contribution < 1.29 is 9.13 Å². The molecule has 1 unspecified atom stereocenters. The smallest absolute Gasteiger partial charge is 0.126 e. The lowest BCUT2D eigenvalue weighted by Gasteiger charge is -2.23. The second kappa shape index (κ2) is 3.24. The molecule has 1 heterocycles. The lowest BCUT2D eigenvalue weighted by molar-refractivity contribution is 0.117. The fourth-order valence-corrected chi connectivity index (χ4v) is 1.95. The van der Waals surface area contributed by atoms with Crippen molar-refractivity contribution in [2.45, 2.75) is 18.9 Å². The van der Waals surface area contributed by atoms with Gasteiger partial charge in [0.05, 0.1) is 0 Å². The van der Waals surface area contributed by atoms with Crippen molar-refractivity contribution in [3.63, 3.8) is 0 Å². The van der Waals surface area contributed by atoms with E-state index in [1.807, 2.05) is 14.0 Å². The normalized spacial score (nSPS) is 24.5. The van der Waals surface area contributed by atoms with Crippen molar-refractivity contribution in [3.05, 3.63) is 29.6 Å². The van der Waals surface area contributed by atoms with Crippen LogP contribution in [0.1, 0.15) is 12.5 Å². The summed E-state index contributed by atoms with van der Waals surface area (Å²) in [6, 6.07) is 4.73. The zero-order valence-electron chi connectivity index (χ0n) is 8.43. The average Bonchev–Trinajstić information content (AvgIpc) is 2.40. The number of benzene rings is 1. The van der Waals surface area contributed by atoms with E-state index in [1.165, 1.54) is 12.1 Å². The van der Waals surface area contributed by atoms with Crippen LogP contribution >= 0.6 is 0 Å². The highest BCUT2D eigenvalue weighted by atomic mass is 19.1. The monoisotopic (exact) mass is 195 g/mol. The maximum absolute atomic E-state index is 12.9. The zero-order chi connectivity index (χ0) is 10.2. The average molecular weight is 195 g/mol. The van der Waals surface area contributed by atoms with Gasteiger partial charge < -0.3 is 10.1 Å².